The second-order valence-corrected chi connectivity index (χ2v) is 9.89. The molecule has 0 spiro atoms. The fraction of sp³-hybridized carbons (Fsp3) is 0.355. The van der Waals surface area contributed by atoms with E-state index >= 15 is 0 Å². The van der Waals surface area contributed by atoms with E-state index in [-0.39, 0.29) is 11.6 Å². The van der Waals surface area contributed by atoms with E-state index in [2.05, 4.69) is 0 Å². The number of hydrogen-bond donors (Lipinski definition) is 0. The SMILES string of the molecule is Cc1cc(C)c(C(=O)C2CCCOC2(C(=O)c2c(C)cc(C)cc2C)c2ccccc2)c(C)c1. The van der Waals surface area contributed by atoms with Crippen LogP contribution in [-0.4, -0.2) is 18.2 Å². The number of hydrogen-bond acceptors (Lipinski definition) is 3. The molecule has 0 aliphatic carbocycles. The van der Waals surface area contributed by atoms with Gasteiger partial charge in [0.25, 0.3) is 0 Å². The molecule has 3 aromatic rings. The lowest BCUT2D eigenvalue weighted by Crippen LogP contribution is -2.52. The van der Waals surface area contributed by atoms with E-state index in [4.69, 9.17) is 4.74 Å². The third-order valence-electron chi connectivity index (χ3n) is 7.14. The highest BCUT2D eigenvalue weighted by Gasteiger charge is 2.54. The maximum atomic E-state index is 14.6. The van der Waals surface area contributed by atoms with Gasteiger partial charge in [0.1, 0.15) is 0 Å². The summed E-state index contributed by atoms with van der Waals surface area (Å²) in [5.41, 5.74) is 6.74. The largest absolute Gasteiger partial charge is 0.361 e. The van der Waals surface area contributed by atoms with Crippen LogP contribution in [0.1, 0.15) is 72.5 Å². The zero-order valence-corrected chi connectivity index (χ0v) is 21.1. The third kappa shape index (κ3) is 4.03. The van der Waals surface area contributed by atoms with Crippen LogP contribution in [0.4, 0.5) is 0 Å². The van der Waals surface area contributed by atoms with Crippen LogP contribution in [0.5, 0.6) is 0 Å². The fourth-order valence-corrected chi connectivity index (χ4v) is 5.93. The fourth-order valence-electron chi connectivity index (χ4n) is 5.93. The molecule has 34 heavy (non-hydrogen) atoms. The van der Waals surface area contributed by atoms with Crippen molar-refractivity contribution in [2.45, 2.75) is 60.0 Å². The van der Waals surface area contributed by atoms with E-state index in [0.29, 0.717) is 24.2 Å². The van der Waals surface area contributed by atoms with Crippen LogP contribution in [-0.2, 0) is 10.3 Å². The first-order valence-electron chi connectivity index (χ1n) is 12.1. The highest BCUT2D eigenvalue weighted by Crippen LogP contribution is 2.45. The first kappa shape index (κ1) is 24.1. The van der Waals surface area contributed by atoms with Crippen LogP contribution in [0, 0.1) is 47.5 Å². The summed E-state index contributed by atoms with van der Waals surface area (Å²) in [6.07, 6.45) is 1.35. The molecule has 2 atom stereocenters. The Kier molecular flexibility index (Phi) is 6.60. The maximum Gasteiger partial charge on any atom is 0.200 e. The minimum atomic E-state index is -1.36. The molecule has 0 radical (unpaired) electrons. The zero-order chi connectivity index (χ0) is 24.6. The minimum Gasteiger partial charge on any atom is -0.361 e. The third-order valence-corrected chi connectivity index (χ3v) is 7.14. The summed E-state index contributed by atoms with van der Waals surface area (Å²) in [4.78, 5) is 28.8. The molecule has 1 heterocycles. The highest BCUT2D eigenvalue weighted by atomic mass is 16.5. The van der Waals surface area contributed by atoms with Gasteiger partial charge in [-0.25, -0.2) is 0 Å². The summed E-state index contributed by atoms with van der Waals surface area (Å²) in [5.74, 6) is -0.722. The molecule has 3 heteroatoms. The van der Waals surface area contributed by atoms with E-state index in [9.17, 15) is 9.59 Å². The number of rotatable bonds is 5. The molecule has 1 saturated heterocycles. The first-order chi connectivity index (χ1) is 16.2. The lowest BCUT2D eigenvalue weighted by Gasteiger charge is -2.43. The standard InChI is InChI=1S/C31H34O3/c1-19-15-21(3)27(22(4)16-19)29(32)26-13-10-14-34-31(26,25-11-8-7-9-12-25)30(33)28-23(5)17-20(2)18-24(28)6/h7-9,11-12,15-18,26H,10,13-14H2,1-6H3. The van der Waals surface area contributed by atoms with Crippen LogP contribution in [0.15, 0.2) is 54.6 Å². The molecule has 4 rings (SSSR count). The van der Waals surface area contributed by atoms with Crippen molar-refractivity contribution in [1.29, 1.82) is 0 Å². The normalized spacial score (nSPS) is 20.2. The Hall–Kier alpha value is -3.04. The van der Waals surface area contributed by atoms with E-state index in [1.54, 1.807) is 0 Å². The van der Waals surface area contributed by atoms with Gasteiger partial charge in [-0.3, -0.25) is 9.59 Å². The lowest BCUT2D eigenvalue weighted by molar-refractivity contribution is -0.0847. The van der Waals surface area contributed by atoms with Crippen LogP contribution in [0.2, 0.25) is 0 Å². The molecule has 0 aromatic heterocycles. The van der Waals surface area contributed by atoms with Gasteiger partial charge in [-0.05, 0) is 82.2 Å². The molecule has 0 amide bonds. The minimum absolute atomic E-state index is 0.00526. The van der Waals surface area contributed by atoms with Crippen molar-refractivity contribution in [2.24, 2.45) is 5.92 Å². The first-order valence-corrected chi connectivity index (χ1v) is 12.1. The Morgan fingerprint density at radius 2 is 1.26 bits per heavy atom. The topological polar surface area (TPSA) is 43.4 Å². The maximum absolute atomic E-state index is 14.6. The zero-order valence-electron chi connectivity index (χ0n) is 21.1. The number of aryl methyl sites for hydroxylation is 6. The monoisotopic (exact) mass is 454 g/mol. The average molecular weight is 455 g/mol. The Labute approximate surface area is 203 Å². The number of carbonyl (C=O) groups excluding carboxylic acids is 2. The number of ketones is 2. The van der Waals surface area contributed by atoms with E-state index in [1.165, 1.54) is 0 Å². The number of Topliss-reactive ketones (excluding diaryl/α,β-unsaturated/α-hetero) is 2. The van der Waals surface area contributed by atoms with Gasteiger partial charge in [-0.15, -0.1) is 0 Å². The summed E-state index contributed by atoms with van der Waals surface area (Å²) < 4.78 is 6.50. The Bertz CT molecular complexity index is 1210. The van der Waals surface area contributed by atoms with Crippen LogP contribution >= 0.6 is 0 Å². The van der Waals surface area contributed by atoms with E-state index in [0.717, 1.165) is 45.4 Å². The van der Waals surface area contributed by atoms with Crippen molar-refractivity contribution in [3.63, 3.8) is 0 Å². The van der Waals surface area contributed by atoms with Gasteiger partial charge in [-0.2, -0.15) is 0 Å². The average Bonchev–Trinajstić information content (AvgIpc) is 2.78. The van der Waals surface area contributed by atoms with Gasteiger partial charge in [0, 0.05) is 17.7 Å². The lowest BCUT2D eigenvalue weighted by atomic mass is 9.68. The van der Waals surface area contributed by atoms with Gasteiger partial charge < -0.3 is 4.74 Å². The quantitative estimate of drug-likeness (QED) is 0.393. The molecule has 0 bridgehead atoms. The predicted octanol–water partition coefficient (Wildman–Crippen LogP) is 6.92. The van der Waals surface area contributed by atoms with Gasteiger partial charge in [0.15, 0.2) is 17.2 Å². The van der Waals surface area contributed by atoms with Crippen molar-refractivity contribution in [1.82, 2.24) is 0 Å². The predicted molar refractivity (Wildman–Crippen MR) is 137 cm³/mol. The molecule has 1 fully saturated rings. The number of ether oxygens (including phenoxy) is 1. The summed E-state index contributed by atoms with van der Waals surface area (Å²) in [7, 11) is 0. The molecule has 3 nitrogen and oxygen atoms in total. The van der Waals surface area contributed by atoms with Crippen molar-refractivity contribution >= 4 is 11.6 Å². The Morgan fingerprint density at radius 3 is 1.79 bits per heavy atom. The van der Waals surface area contributed by atoms with Crippen LogP contribution in [0.3, 0.4) is 0 Å². The number of benzene rings is 3. The summed E-state index contributed by atoms with van der Waals surface area (Å²) in [5, 5.41) is 0. The van der Waals surface area contributed by atoms with E-state index in [1.807, 2.05) is 96.1 Å². The highest BCUT2D eigenvalue weighted by molar-refractivity contribution is 6.11. The summed E-state index contributed by atoms with van der Waals surface area (Å²) >= 11 is 0. The molecule has 1 aliphatic heterocycles. The second kappa shape index (κ2) is 9.31. The van der Waals surface area contributed by atoms with E-state index < -0.39 is 11.5 Å². The smallest absolute Gasteiger partial charge is 0.200 e. The van der Waals surface area contributed by atoms with Gasteiger partial charge >= 0.3 is 0 Å². The Balaban J connectivity index is 1.96. The number of carbonyl (C=O) groups is 2. The van der Waals surface area contributed by atoms with Crippen LogP contribution in [0.25, 0.3) is 0 Å². The van der Waals surface area contributed by atoms with Crippen LogP contribution < -0.4 is 0 Å². The Morgan fingerprint density at radius 1 is 0.765 bits per heavy atom. The second-order valence-electron chi connectivity index (χ2n) is 9.89. The van der Waals surface area contributed by atoms with Crippen molar-refractivity contribution in [2.75, 3.05) is 6.61 Å². The summed E-state index contributed by atoms with van der Waals surface area (Å²) in [6.45, 7) is 12.4. The molecule has 0 N–H and O–H groups in total. The van der Waals surface area contributed by atoms with Crippen molar-refractivity contribution in [3.05, 3.63) is 105 Å². The molecule has 176 valence electrons. The van der Waals surface area contributed by atoms with Gasteiger partial charge in [0.2, 0.25) is 0 Å². The molecule has 1 aliphatic rings. The van der Waals surface area contributed by atoms with Crippen molar-refractivity contribution < 1.29 is 14.3 Å². The van der Waals surface area contributed by atoms with Gasteiger partial charge in [-0.1, -0.05) is 65.7 Å². The molecular weight excluding hydrogens is 420 g/mol. The molecule has 2 unspecified atom stereocenters. The molecular formula is C31H34O3. The van der Waals surface area contributed by atoms with Gasteiger partial charge in [0.05, 0.1) is 5.92 Å². The molecule has 3 aromatic carbocycles. The molecule has 0 saturated carbocycles. The summed E-state index contributed by atoms with van der Waals surface area (Å²) in [6, 6.07) is 17.8. The van der Waals surface area contributed by atoms with Crippen molar-refractivity contribution in [3.8, 4) is 0 Å².